The van der Waals surface area contributed by atoms with Gasteiger partial charge >= 0.3 is 0 Å². The van der Waals surface area contributed by atoms with Gasteiger partial charge in [-0.25, -0.2) is 4.98 Å². The summed E-state index contributed by atoms with van der Waals surface area (Å²) >= 11 is 0. The van der Waals surface area contributed by atoms with Crippen molar-refractivity contribution in [2.24, 2.45) is 5.92 Å². The van der Waals surface area contributed by atoms with E-state index in [0.717, 1.165) is 61.0 Å². The van der Waals surface area contributed by atoms with E-state index < -0.39 is 5.60 Å². The number of nitrogens with zero attached hydrogens (tertiary/aromatic N) is 2. The monoisotopic (exact) mass is 397 g/mol. The number of benzene rings is 1. The lowest BCUT2D eigenvalue weighted by Crippen LogP contribution is -2.39. The number of hydrogen-bond acceptors (Lipinski definition) is 3. The van der Waals surface area contributed by atoms with Crippen LogP contribution in [-0.4, -0.2) is 35.2 Å². The van der Waals surface area contributed by atoms with Gasteiger partial charge in [-0.1, -0.05) is 61.2 Å². The summed E-state index contributed by atoms with van der Waals surface area (Å²) in [6.07, 6.45) is 10.7. The second-order valence-electron chi connectivity index (χ2n) is 9.49. The average molecular weight is 398 g/mol. The lowest BCUT2D eigenvalue weighted by molar-refractivity contribution is -0.904. The summed E-state index contributed by atoms with van der Waals surface area (Å²) in [5.41, 5.74) is 1.09. The van der Waals surface area contributed by atoms with Gasteiger partial charge in [0.2, 0.25) is 5.89 Å². The molecule has 0 amide bonds. The van der Waals surface area contributed by atoms with Crippen molar-refractivity contribution in [2.75, 3.05) is 20.6 Å². The third-order valence-corrected chi connectivity index (χ3v) is 6.16. The van der Waals surface area contributed by atoms with Crippen molar-refractivity contribution < 1.29 is 14.0 Å². The molecule has 158 valence electrons. The van der Waals surface area contributed by atoms with Gasteiger partial charge in [-0.3, -0.25) is 0 Å². The van der Waals surface area contributed by atoms with E-state index in [9.17, 15) is 5.11 Å². The Morgan fingerprint density at radius 1 is 1.17 bits per heavy atom. The smallest absolute Gasteiger partial charge is 0.231 e. The topological polar surface area (TPSA) is 46.3 Å². The molecule has 1 aromatic carbocycles. The third-order valence-electron chi connectivity index (χ3n) is 6.16. The molecule has 0 aliphatic heterocycles. The number of aromatic nitrogens is 1. The molecule has 3 rings (SSSR count). The minimum atomic E-state index is -1.15. The highest BCUT2D eigenvalue weighted by atomic mass is 16.4. The quantitative estimate of drug-likeness (QED) is 0.478. The molecule has 1 unspecified atom stereocenters. The molecular weight excluding hydrogens is 360 g/mol. The van der Waals surface area contributed by atoms with Crippen molar-refractivity contribution in [1.29, 1.82) is 0 Å². The molecule has 1 fully saturated rings. The van der Waals surface area contributed by atoms with Crippen molar-refractivity contribution in [3.05, 3.63) is 65.4 Å². The van der Waals surface area contributed by atoms with Gasteiger partial charge in [-0.05, 0) is 32.3 Å². The first kappa shape index (κ1) is 21.8. The molecule has 1 aliphatic rings. The van der Waals surface area contributed by atoms with Gasteiger partial charge in [0.05, 0.1) is 26.8 Å². The molecule has 0 spiro atoms. The number of hydrogen-bond donors (Lipinski definition) is 1. The van der Waals surface area contributed by atoms with E-state index in [1.54, 1.807) is 0 Å². The maximum absolute atomic E-state index is 11.9. The molecule has 1 aliphatic carbocycles. The van der Waals surface area contributed by atoms with Gasteiger partial charge < -0.3 is 14.0 Å². The van der Waals surface area contributed by atoms with Gasteiger partial charge in [0.25, 0.3) is 0 Å². The Bertz CT molecular complexity index is 799. The zero-order chi connectivity index (χ0) is 20.9. The molecule has 1 N–H and O–H groups in total. The van der Waals surface area contributed by atoms with Crippen LogP contribution in [-0.2, 0) is 12.1 Å². The minimum absolute atomic E-state index is 0.144. The SMILES string of the molecule is CC(C)=CCC[N+](C)(C)Cc1cnc(C(O)(c2ccccc2)C2CCCCC2)o1. The van der Waals surface area contributed by atoms with E-state index in [4.69, 9.17) is 4.42 Å². The standard InChI is InChI=1S/C25H37N2O2/c1-20(2)12-11-17-27(3,4)19-23-18-26-24(29-23)25(28,21-13-7-5-8-14-21)22-15-9-6-10-16-22/h5,7-8,12-14,18,22,28H,6,9-11,15-17,19H2,1-4H3/q+1. The van der Waals surface area contributed by atoms with Crippen molar-refractivity contribution in [2.45, 2.75) is 64.5 Å². The first-order valence-electron chi connectivity index (χ1n) is 11.0. The van der Waals surface area contributed by atoms with E-state index in [0.29, 0.717) is 5.89 Å². The number of oxazole rings is 1. The predicted molar refractivity (Wildman–Crippen MR) is 117 cm³/mol. The van der Waals surface area contributed by atoms with Crippen molar-refractivity contribution in [1.82, 2.24) is 4.98 Å². The highest BCUT2D eigenvalue weighted by Gasteiger charge is 2.44. The second kappa shape index (κ2) is 9.27. The molecule has 0 radical (unpaired) electrons. The van der Waals surface area contributed by atoms with Crippen molar-refractivity contribution in [3.8, 4) is 0 Å². The van der Waals surface area contributed by atoms with E-state index in [1.807, 2.05) is 36.5 Å². The van der Waals surface area contributed by atoms with Crippen LogP contribution in [0.25, 0.3) is 0 Å². The second-order valence-corrected chi connectivity index (χ2v) is 9.49. The van der Waals surface area contributed by atoms with Gasteiger partial charge in [-0.15, -0.1) is 0 Å². The summed E-state index contributed by atoms with van der Waals surface area (Å²) in [4.78, 5) is 4.59. The van der Waals surface area contributed by atoms with E-state index in [2.05, 4.69) is 39.0 Å². The highest BCUT2D eigenvalue weighted by Crippen LogP contribution is 2.43. The minimum Gasteiger partial charge on any atom is -0.436 e. The number of allylic oxidation sites excluding steroid dienone is 1. The fraction of sp³-hybridized carbons (Fsp3) is 0.560. The Morgan fingerprint density at radius 2 is 1.86 bits per heavy atom. The Kier molecular flexibility index (Phi) is 6.97. The summed E-state index contributed by atoms with van der Waals surface area (Å²) < 4.78 is 7.05. The summed E-state index contributed by atoms with van der Waals surface area (Å²) in [5.74, 6) is 1.44. The molecule has 1 atom stereocenters. The molecule has 4 nitrogen and oxygen atoms in total. The predicted octanol–water partition coefficient (Wildman–Crippen LogP) is 5.42. The third kappa shape index (κ3) is 5.37. The van der Waals surface area contributed by atoms with Crippen LogP contribution in [0, 0.1) is 5.92 Å². The van der Waals surface area contributed by atoms with Crippen molar-refractivity contribution >= 4 is 0 Å². The average Bonchev–Trinajstić information content (AvgIpc) is 3.16. The van der Waals surface area contributed by atoms with Crippen LogP contribution in [0.3, 0.4) is 0 Å². The van der Waals surface area contributed by atoms with Gasteiger partial charge in [0, 0.05) is 12.3 Å². The molecule has 29 heavy (non-hydrogen) atoms. The molecule has 1 saturated carbocycles. The molecule has 0 saturated heterocycles. The Hall–Kier alpha value is -1.91. The molecule has 1 heterocycles. The van der Waals surface area contributed by atoms with E-state index >= 15 is 0 Å². The normalized spacial score (nSPS) is 17.7. The maximum atomic E-state index is 11.9. The summed E-state index contributed by atoms with van der Waals surface area (Å²) in [7, 11) is 4.43. The fourth-order valence-electron chi connectivity index (χ4n) is 4.51. The lowest BCUT2D eigenvalue weighted by Gasteiger charge is -2.36. The molecular formula is C25H37N2O2+. The van der Waals surface area contributed by atoms with E-state index in [-0.39, 0.29) is 5.92 Å². The van der Waals surface area contributed by atoms with Gasteiger partial charge in [0.1, 0.15) is 6.54 Å². The zero-order valence-electron chi connectivity index (χ0n) is 18.5. The molecule has 2 aromatic rings. The Labute approximate surface area is 175 Å². The van der Waals surface area contributed by atoms with Crippen LogP contribution in [0.15, 0.2) is 52.6 Å². The van der Waals surface area contributed by atoms with Gasteiger partial charge in [-0.2, -0.15) is 0 Å². The first-order valence-corrected chi connectivity index (χ1v) is 11.0. The van der Waals surface area contributed by atoms with Crippen molar-refractivity contribution in [3.63, 3.8) is 0 Å². The maximum Gasteiger partial charge on any atom is 0.231 e. The van der Waals surface area contributed by atoms with E-state index in [1.165, 1.54) is 12.0 Å². The zero-order valence-corrected chi connectivity index (χ0v) is 18.5. The van der Waals surface area contributed by atoms with Crippen LogP contribution < -0.4 is 0 Å². The molecule has 0 bridgehead atoms. The molecule has 1 aromatic heterocycles. The van der Waals surface area contributed by atoms with Crippen LogP contribution in [0.2, 0.25) is 0 Å². The molecule has 4 heteroatoms. The van der Waals surface area contributed by atoms with Crippen LogP contribution in [0.5, 0.6) is 0 Å². The summed E-state index contributed by atoms with van der Waals surface area (Å²) in [6, 6.07) is 9.94. The van der Waals surface area contributed by atoms with Crippen LogP contribution in [0.4, 0.5) is 0 Å². The summed E-state index contributed by atoms with van der Waals surface area (Å²) in [6.45, 7) is 6.07. The summed E-state index contributed by atoms with van der Waals surface area (Å²) in [5, 5.41) is 11.9. The Balaban J connectivity index is 1.83. The number of quaternary nitrogens is 1. The van der Waals surface area contributed by atoms with Crippen LogP contribution in [0.1, 0.15) is 69.6 Å². The number of rotatable bonds is 8. The van der Waals surface area contributed by atoms with Gasteiger partial charge in [0.15, 0.2) is 11.4 Å². The van der Waals surface area contributed by atoms with Crippen LogP contribution >= 0.6 is 0 Å². The lowest BCUT2D eigenvalue weighted by atomic mass is 9.73. The number of aliphatic hydroxyl groups is 1. The fourth-order valence-corrected chi connectivity index (χ4v) is 4.51. The largest absolute Gasteiger partial charge is 0.436 e. The highest BCUT2D eigenvalue weighted by molar-refractivity contribution is 5.30. The Morgan fingerprint density at radius 3 is 2.52 bits per heavy atom. The first-order chi connectivity index (χ1) is 13.8.